The molecule has 1 aliphatic rings. The minimum atomic E-state index is -4.70. The van der Waals surface area contributed by atoms with Gasteiger partial charge in [-0.3, -0.25) is 14.9 Å². The van der Waals surface area contributed by atoms with Crippen molar-refractivity contribution in [1.82, 2.24) is 24.2 Å². The number of nitrogens with zero attached hydrogens (tertiary/aromatic N) is 4. The summed E-state index contributed by atoms with van der Waals surface area (Å²) in [5.41, 5.74) is 1.26. The minimum absolute atomic E-state index is 0.126. The maximum atomic E-state index is 14.1. The summed E-state index contributed by atoms with van der Waals surface area (Å²) in [6.45, 7) is 5.32. The van der Waals surface area contributed by atoms with Crippen molar-refractivity contribution >= 4 is 5.91 Å². The molecule has 0 aliphatic heterocycles. The lowest BCUT2D eigenvalue weighted by atomic mass is 9.97. The number of hydrogen-bond donors (Lipinski definition) is 2. The molecule has 5 rings (SSSR count). The Morgan fingerprint density at radius 3 is 2.46 bits per heavy atom. The van der Waals surface area contributed by atoms with E-state index in [0.717, 1.165) is 18.4 Å². The van der Waals surface area contributed by atoms with Crippen molar-refractivity contribution in [1.29, 1.82) is 5.41 Å². The van der Waals surface area contributed by atoms with Crippen LogP contribution in [-0.4, -0.2) is 24.8 Å². The van der Waals surface area contributed by atoms with E-state index in [4.69, 9.17) is 5.41 Å². The highest BCUT2D eigenvalue weighted by Gasteiger charge is 2.38. The fraction of sp³-hybridized carbons (Fsp3) is 0.367. The fourth-order valence-corrected chi connectivity index (χ4v) is 4.98. The van der Waals surface area contributed by atoms with Gasteiger partial charge in [-0.15, -0.1) is 0 Å². The summed E-state index contributed by atoms with van der Waals surface area (Å²) in [4.78, 5) is 13.7. The van der Waals surface area contributed by atoms with Gasteiger partial charge in [-0.05, 0) is 86.1 Å². The van der Waals surface area contributed by atoms with Gasteiger partial charge in [0.05, 0.1) is 12.6 Å². The third-order valence-corrected chi connectivity index (χ3v) is 7.45. The zero-order valence-electron chi connectivity index (χ0n) is 23.3. The predicted molar refractivity (Wildman–Crippen MR) is 145 cm³/mol. The van der Waals surface area contributed by atoms with E-state index in [0.29, 0.717) is 11.1 Å². The Bertz CT molecular complexity index is 1660. The van der Waals surface area contributed by atoms with Crippen molar-refractivity contribution in [2.45, 2.75) is 58.4 Å². The standard InChI is InChI=1S/C30H32F4N6O/c1-17(2)40-16-24(27(37-40)30(32,33)34)22-12-19(15-39-10-9-38(4)29(39)35)13-23(14-22)28(41)36-26(20-5-6-20)21-7-8-25(31)18(3)11-21/h7-14,16-17,20,26,35H,5-6,15H2,1-4H3,(H,36,41)/t26-/m0/s1. The van der Waals surface area contributed by atoms with E-state index in [1.165, 1.54) is 23.0 Å². The van der Waals surface area contributed by atoms with Crippen LogP contribution in [0.5, 0.6) is 0 Å². The average molecular weight is 569 g/mol. The van der Waals surface area contributed by atoms with Crippen LogP contribution in [0, 0.1) is 24.1 Å². The first kappa shape index (κ1) is 28.4. The number of aromatic nitrogens is 4. The third kappa shape index (κ3) is 5.98. The first-order valence-corrected chi connectivity index (χ1v) is 13.5. The number of carbonyl (C=O) groups is 1. The van der Waals surface area contributed by atoms with Gasteiger partial charge in [-0.1, -0.05) is 12.1 Å². The summed E-state index contributed by atoms with van der Waals surface area (Å²) >= 11 is 0. The molecule has 2 heterocycles. The maximum Gasteiger partial charge on any atom is 0.435 e. The number of aryl methyl sites for hydroxylation is 2. The predicted octanol–water partition coefficient (Wildman–Crippen LogP) is 6.15. The van der Waals surface area contributed by atoms with Crippen molar-refractivity contribution in [2.24, 2.45) is 13.0 Å². The molecule has 0 unspecified atom stereocenters. The molecule has 2 N–H and O–H groups in total. The van der Waals surface area contributed by atoms with Crippen molar-refractivity contribution in [3.8, 4) is 11.1 Å². The summed E-state index contributed by atoms with van der Waals surface area (Å²) in [7, 11) is 1.72. The summed E-state index contributed by atoms with van der Waals surface area (Å²) < 4.78 is 60.7. The van der Waals surface area contributed by atoms with Crippen LogP contribution in [-0.2, 0) is 19.8 Å². The molecule has 1 amide bonds. The smallest absolute Gasteiger partial charge is 0.345 e. The van der Waals surface area contributed by atoms with E-state index in [1.807, 2.05) is 0 Å². The Morgan fingerprint density at radius 2 is 1.88 bits per heavy atom. The Balaban J connectivity index is 1.58. The molecule has 0 radical (unpaired) electrons. The Kier molecular flexibility index (Phi) is 7.39. The fourth-order valence-electron chi connectivity index (χ4n) is 4.98. The second-order valence-corrected chi connectivity index (χ2v) is 11.0. The van der Waals surface area contributed by atoms with Crippen molar-refractivity contribution in [3.05, 3.63) is 94.4 Å². The van der Waals surface area contributed by atoms with Gasteiger partial charge in [0.1, 0.15) is 5.82 Å². The van der Waals surface area contributed by atoms with Gasteiger partial charge in [0, 0.05) is 42.8 Å². The normalized spacial score (nSPS) is 14.5. The van der Waals surface area contributed by atoms with Gasteiger partial charge in [0.2, 0.25) is 5.62 Å². The van der Waals surface area contributed by atoms with Gasteiger partial charge >= 0.3 is 6.18 Å². The number of halogens is 4. The van der Waals surface area contributed by atoms with Crippen LogP contribution < -0.4 is 10.9 Å². The van der Waals surface area contributed by atoms with Gasteiger partial charge < -0.3 is 14.5 Å². The average Bonchev–Trinajstić information content (AvgIpc) is 3.56. The van der Waals surface area contributed by atoms with E-state index in [2.05, 4.69) is 10.4 Å². The van der Waals surface area contributed by atoms with Crippen molar-refractivity contribution in [2.75, 3.05) is 0 Å². The number of amides is 1. The lowest BCUT2D eigenvalue weighted by Gasteiger charge is -2.20. The lowest BCUT2D eigenvalue weighted by molar-refractivity contribution is -0.141. The highest BCUT2D eigenvalue weighted by Crippen LogP contribution is 2.42. The van der Waals surface area contributed by atoms with Crippen LogP contribution in [0.15, 0.2) is 55.0 Å². The van der Waals surface area contributed by atoms with Crippen molar-refractivity contribution < 1.29 is 22.4 Å². The molecular formula is C30H32F4N6O. The molecule has 1 aliphatic carbocycles. The summed E-state index contributed by atoms with van der Waals surface area (Å²) in [5, 5.41) is 15.2. The molecular weight excluding hydrogens is 536 g/mol. The van der Waals surface area contributed by atoms with E-state index < -0.39 is 17.8 Å². The highest BCUT2D eigenvalue weighted by atomic mass is 19.4. The number of nitrogens with one attached hydrogen (secondary N) is 2. The molecule has 11 heteroatoms. The van der Waals surface area contributed by atoms with Crippen LogP contribution in [0.2, 0.25) is 0 Å². The third-order valence-electron chi connectivity index (χ3n) is 7.45. The second-order valence-electron chi connectivity index (χ2n) is 11.0. The Morgan fingerprint density at radius 1 is 1.15 bits per heavy atom. The van der Waals surface area contributed by atoms with Crippen LogP contribution in [0.25, 0.3) is 11.1 Å². The highest BCUT2D eigenvalue weighted by molar-refractivity contribution is 5.96. The van der Waals surface area contributed by atoms with E-state index in [9.17, 15) is 22.4 Å². The Labute approximate surface area is 234 Å². The topological polar surface area (TPSA) is 80.6 Å². The number of alkyl halides is 3. The summed E-state index contributed by atoms with van der Waals surface area (Å²) in [5.74, 6) is -0.583. The molecule has 41 heavy (non-hydrogen) atoms. The zero-order chi connectivity index (χ0) is 29.6. The van der Waals surface area contributed by atoms with Gasteiger partial charge in [-0.2, -0.15) is 18.3 Å². The Hall–Kier alpha value is -4.15. The van der Waals surface area contributed by atoms with Crippen LogP contribution in [0.4, 0.5) is 17.6 Å². The number of imidazole rings is 1. The molecule has 216 valence electrons. The van der Waals surface area contributed by atoms with Crippen LogP contribution in [0.1, 0.15) is 71.5 Å². The largest absolute Gasteiger partial charge is 0.435 e. The van der Waals surface area contributed by atoms with Crippen LogP contribution in [0.3, 0.4) is 0 Å². The van der Waals surface area contributed by atoms with E-state index >= 15 is 0 Å². The molecule has 0 spiro atoms. The minimum Gasteiger partial charge on any atom is -0.345 e. The maximum absolute atomic E-state index is 14.1. The van der Waals surface area contributed by atoms with Gasteiger partial charge in [-0.25, -0.2) is 4.39 Å². The van der Waals surface area contributed by atoms with E-state index in [1.54, 1.807) is 73.6 Å². The molecule has 1 saturated carbocycles. The SMILES string of the molecule is Cc1cc([C@@H](NC(=O)c2cc(Cn3ccn(C)c3=N)cc(-c3cn(C(C)C)nc3C(F)(F)F)c2)C2CC2)ccc1F. The lowest BCUT2D eigenvalue weighted by Crippen LogP contribution is -2.30. The molecule has 4 aromatic rings. The van der Waals surface area contributed by atoms with Crippen molar-refractivity contribution in [3.63, 3.8) is 0 Å². The monoisotopic (exact) mass is 568 g/mol. The quantitative estimate of drug-likeness (QED) is 0.250. The molecule has 0 bridgehead atoms. The zero-order valence-corrected chi connectivity index (χ0v) is 23.3. The number of benzene rings is 2. The summed E-state index contributed by atoms with van der Waals surface area (Å²) in [6, 6.07) is 8.79. The molecule has 0 saturated heterocycles. The molecule has 2 aromatic carbocycles. The second kappa shape index (κ2) is 10.7. The first-order chi connectivity index (χ1) is 19.3. The molecule has 1 atom stereocenters. The number of rotatable bonds is 8. The number of hydrogen-bond acceptors (Lipinski definition) is 3. The molecule has 7 nitrogen and oxygen atoms in total. The number of carbonyl (C=O) groups excluding carboxylic acids is 1. The van der Waals surface area contributed by atoms with Gasteiger partial charge in [0.25, 0.3) is 5.91 Å². The van der Waals surface area contributed by atoms with Gasteiger partial charge in [0.15, 0.2) is 5.69 Å². The molecule has 1 fully saturated rings. The van der Waals surface area contributed by atoms with E-state index in [-0.39, 0.29) is 52.7 Å². The molecule has 2 aromatic heterocycles. The van der Waals surface area contributed by atoms with Crippen LogP contribution >= 0.6 is 0 Å². The first-order valence-electron chi connectivity index (χ1n) is 13.5. The summed E-state index contributed by atoms with van der Waals surface area (Å²) in [6.07, 6.45) is 1.88.